The van der Waals surface area contributed by atoms with Gasteiger partial charge in [-0.2, -0.15) is 0 Å². The van der Waals surface area contributed by atoms with Gasteiger partial charge >= 0.3 is 39.5 Å². The summed E-state index contributed by atoms with van der Waals surface area (Å²) in [6, 6.07) is 0. The van der Waals surface area contributed by atoms with E-state index in [1.54, 1.807) is 0 Å². The van der Waals surface area contributed by atoms with E-state index in [1.807, 2.05) is 0 Å². The van der Waals surface area contributed by atoms with Crippen molar-refractivity contribution in [2.75, 3.05) is 39.6 Å². The summed E-state index contributed by atoms with van der Waals surface area (Å²) < 4.78 is 68.6. The Morgan fingerprint density at radius 3 is 0.732 bits per heavy atom. The first kappa shape index (κ1) is 95.1. The van der Waals surface area contributed by atoms with Gasteiger partial charge in [-0.1, -0.05) is 344 Å². The lowest BCUT2D eigenvalue weighted by Gasteiger charge is -2.21. The SMILES string of the molecule is CCC(C)CCCCCCCCCCC(=O)OC[C@H](COP(=O)(O)OCC(O)COP(=O)(O)OC[C@@H](COC(=O)CCCCCCCCCC(C)C)OC(=O)CCCCCCCCCCCCCCCCCC(C)C)OC(=O)CCCCCCCCCCCCCCCCC(C)C. The van der Waals surface area contributed by atoms with Crippen LogP contribution in [0.5, 0.6) is 0 Å². The quantitative estimate of drug-likeness (QED) is 0.0222. The fraction of sp³-hybridized carbons (Fsp3) is 0.949. The smallest absolute Gasteiger partial charge is 0.462 e. The molecule has 0 aromatic heterocycles. The van der Waals surface area contributed by atoms with E-state index in [0.717, 1.165) is 114 Å². The van der Waals surface area contributed by atoms with Crippen molar-refractivity contribution in [3.05, 3.63) is 0 Å². The number of hydrogen-bond acceptors (Lipinski definition) is 15. The summed E-state index contributed by atoms with van der Waals surface area (Å²) in [6.07, 6.45) is 52.7. The molecule has 0 saturated carbocycles. The minimum atomic E-state index is -4.96. The van der Waals surface area contributed by atoms with Crippen LogP contribution in [0.2, 0.25) is 0 Å². The molecule has 0 aliphatic heterocycles. The lowest BCUT2D eigenvalue weighted by Crippen LogP contribution is -2.30. The summed E-state index contributed by atoms with van der Waals surface area (Å²) in [6.45, 7) is 14.2. The van der Waals surface area contributed by atoms with Gasteiger partial charge in [0.2, 0.25) is 0 Å². The molecule has 0 bridgehead atoms. The third-order valence-corrected chi connectivity index (χ3v) is 20.3. The van der Waals surface area contributed by atoms with Crippen molar-refractivity contribution in [2.45, 2.75) is 414 Å². The second-order valence-corrected chi connectivity index (χ2v) is 32.7. The van der Waals surface area contributed by atoms with Gasteiger partial charge in [0.25, 0.3) is 0 Å². The van der Waals surface area contributed by atoms with Gasteiger partial charge in [0.1, 0.15) is 19.3 Å². The van der Waals surface area contributed by atoms with E-state index >= 15 is 0 Å². The molecule has 3 N–H and O–H groups in total. The Morgan fingerprint density at radius 1 is 0.289 bits per heavy atom. The Bertz CT molecular complexity index is 1900. The largest absolute Gasteiger partial charge is 0.472 e. The summed E-state index contributed by atoms with van der Waals surface area (Å²) in [7, 11) is -9.92. The number of ether oxygens (including phenoxy) is 4. The van der Waals surface area contributed by atoms with Crippen molar-refractivity contribution < 1.29 is 80.2 Å². The highest BCUT2D eigenvalue weighted by Crippen LogP contribution is 2.45. The first-order valence-corrected chi connectivity index (χ1v) is 43.2. The Labute approximate surface area is 594 Å². The third kappa shape index (κ3) is 70.9. The molecule has 0 saturated heterocycles. The Balaban J connectivity index is 5.23. The van der Waals surface area contributed by atoms with E-state index in [-0.39, 0.29) is 25.7 Å². The molecule has 0 spiro atoms. The van der Waals surface area contributed by atoms with Crippen LogP contribution in [0.25, 0.3) is 0 Å². The first-order chi connectivity index (χ1) is 46.6. The van der Waals surface area contributed by atoms with Crippen molar-refractivity contribution in [2.24, 2.45) is 23.7 Å². The molecule has 0 aliphatic carbocycles. The number of phosphoric ester groups is 2. The zero-order valence-electron chi connectivity index (χ0n) is 63.7. The van der Waals surface area contributed by atoms with E-state index in [0.29, 0.717) is 31.6 Å². The third-order valence-electron chi connectivity index (χ3n) is 18.4. The van der Waals surface area contributed by atoms with Crippen LogP contribution in [0.3, 0.4) is 0 Å². The predicted octanol–water partition coefficient (Wildman–Crippen LogP) is 22.8. The van der Waals surface area contributed by atoms with Crippen molar-refractivity contribution in [3.8, 4) is 0 Å². The molecule has 0 radical (unpaired) electrons. The Hall–Kier alpha value is -1.94. The summed E-state index contributed by atoms with van der Waals surface area (Å²) in [5.74, 6) is 0.961. The lowest BCUT2D eigenvalue weighted by atomic mass is 9.99. The number of carbonyl (C=O) groups excluding carboxylic acids is 4. The average Bonchev–Trinajstić information content (AvgIpc) is 1.13. The molecule has 0 aliphatic rings. The molecule has 576 valence electrons. The van der Waals surface area contributed by atoms with Gasteiger partial charge in [0.05, 0.1) is 26.4 Å². The van der Waals surface area contributed by atoms with Crippen LogP contribution in [0.1, 0.15) is 396 Å². The number of phosphoric acid groups is 2. The molecule has 19 heteroatoms. The number of rotatable bonds is 75. The van der Waals surface area contributed by atoms with Gasteiger partial charge in [-0.15, -0.1) is 0 Å². The van der Waals surface area contributed by atoms with E-state index in [9.17, 15) is 43.2 Å². The molecular weight excluding hydrogens is 1270 g/mol. The topological polar surface area (TPSA) is 237 Å². The molecule has 4 unspecified atom stereocenters. The molecule has 0 heterocycles. The molecule has 6 atom stereocenters. The van der Waals surface area contributed by atoms with Crippen LogP contribution < -0.4 is 0 Å². The minimum Gasteiger partial charge on any atom is -0.462 e. The fourth-order valence-corrected chi connectivity index (χ4v) is 13.5. The van der Waals surface area contributed by atoms with Crippen LogP contribution in [0.4, 0.5) is 0 Å². The number of aliphatic hydroxyl groups is 1. The van der Waals surface area contributed by atoms with Crippen molar-refractivity contribution >= 4 is 39.5 Å². The maximum atomic E-state index is 13.1. The number of carbonyl (C=O) groups is 4. The zero-order chi connectivity index (χ0) is 71.7. The maximum Gasteiger partial charge on any atom is 0.472 e. The molecule has 0 aromatic rings. The van der Waals surface area contributed by atoms with Gasteiger partial charge in [0, 0.05) is 25.7 Å². The Kier molecular flexibility index (Phi) is 65.9. The molecule has 97 heavy (non-hydrogen) atoms. The van der Waals surface area contributed by atoms with E-state index in [1.165, 1.54) is 193 Å². The second kappa shape index (κ2) is 67.2. The van der Waals surface area contributed by atoms with E-state index in [2.05, 4.69) is 55.4 Å². The first-order valence-electron chi connectivity index (χ1n) is 40.2. The predicted molar refractivity (Wildman–Crippen MR) is 395 cm³/mol. The van der Waals surface area contributed by atoms with Gasteiger partial charge in [-0.3, -0.25) is 37.3 Å². The van der Waals surface area contributed by atoms with E-state index in [4.69, 9.17) is 37.0 Å². The number of hydrogen-bond donors (Lipinski definition) is 3. The van der Waals surface area contributed by atoms with Crippen molar-refractivity contribution in [1.29, 1.82) is 0 Å². The minimum absolute atomic E-state index is 0.106. The summed E-state index contributed by atoms with van der Waals surface area (Å²) in [5.41, 5.74) is 0. The number of unbranched alkanes of at least 4 members (excludes halogenated alkanes) is 40. The molecule has 0 aromatic carbocycles. The Morgan fingerprint density at radius 2 is 0.495 bits per heavy atom. The van der Waals surface area contributed by atoms with Crippen molar-refractivity contribution in [1.82, 2.24) is 0 Å². The van der Waals surface area contributed by atoms with Crippen LogP contribution >= 0.6 is 15.6 Å². The monoisotopic (exact) mass is 1420 g/mol. The van der Waals surface area contributed by atoms with Gasteiger partial charge in [0.15, 0.2) is 12.2 Å². The molecule has 0 amide bonds. The summed E-state index contributed by atoms with van der Waals surface area (Å²) in [5, 5.41) is 10.6. The summed E-state index contributed by atoms with van der Waals surface area (Å²) >= 11 is 0. The normalized spacial score (nSPS) is 14.4. The van der Waals surface area contributed by atoms with Gasteiger partial charge in [-0.25, -0.2) is 9.13 Å². The van der Waals surface area contributed by atoms with Gasteiger partial charge < -0.3 is 33.8 Å². The second-order valence-electron chi connectivity index (χ2n) is 29.8. The number of aliphatic hydroxyl groups excluding tert-OH is 1. The number of esters is 4. The zero-order valence-corrected chi connectivity index (χ0v) is 65.5. The highest BCUT2D eigenvalue weighted by Gasteiger charge is 2.30. The van der Waals surface area contributed by atoms with Crippen LogP contribution in [0.15, 0.2) is 0 Å². The molecular formula is C78H152O17P2. The van der Waals surface area contributed by atoms with Crippen LogP contribution in [0, 0.1) is 23.7 Å². The van der Waals surface area contributed by atoms with Gasteiger partial charge in [-0.05, 0) is 49.4 Å². The summed E-state index contributed by atoms with van der Waals surface area (Å²) in [4.78, 5) is 72.9. The maximum absolute atomic E-state index is 13.1. The van der Waals surface area contributed by atoms with Crippen LogP contribution in [-0.4, -0.2) is 96.7 Å². The standard InChI is InChI=1S/C78H152O17P2/c1-9-71(8)57-49-41-33-27-28-34-42-50-58-75(80)88-64-73(94-77(82)61-53-45-36-26-22-18-14-13-16-20-24-31-39-47-55-69(4)5)66-92-96(84,85)90-62-72(79)63-91-97(86,87)93-67-74(65-89-76(81)59-51-43-37-29-32-40-48-56-70(6)7)95-78(83)60-52-44-35-25-21-17-12-10-11-15-19-23-30-38-46-54-68(2)3/h68-74,79H,9-67H2,1-8H3,(H,84,85)(H,86,87)/t71?,72?,73-,74-/m1/s1. The van der Waals surface area contributed by atoms with Crippen molar-refractivity contribution in [3.63, 3.8) is 0 Å². The fourth-order valence-electron chi connectivity index (χ4n) is 11.9. The molecule has 0 fully saturated rings. The van der Waals surface area contributed by atoms with E-state index < -0.39 is 97.5 Å². The molecule has 0 rings (SSSR count). The highest BCUT2D eigenvalue weighted by atomic mass is 31.2. The van der Waals surface area contributed by atoms with Crippen LogP contribution in [-0.2, 0) is 65.4 Å². The average molecular weight is 1420 g/mol. The highest BCUT2D eigenvalue weighted by molar-refractivity contribution is 7.47. The molecule has 17 nitrogen and oxygen atoms in total. The lowest BCUT2D eigenvalue weighted by molar-refractivity contribution is -0.161.